The number of methoxy groups -OCH3 is 2. The Labute approximate surface area is 166 Å². The second-order valence-corrected chi connectivity index (χ2v) is 7.70. The van der Waals surface area contributed by atoms with Crippen LogP contribution in [0.15, 0.2) is 30.3 Å². The molecule has 0 unspecified atom stereocenters. The fourth-order valence-corrected chi connectivity index (χ4v) is 4.43. The van der Waals surface area contributed by atoms with Crippen molar-refractivity contribution in [2.75, 3.05) is 38.8 Å². The molecule has 0 saturated carbocycles. The first kappa shape index (κ1) is 18.6. The lowest BCUT2D eigenvalue weighted by molar-refractivity contribution is 0.0584. The van der Waals surface area contributed by atoms with Crippen LogP contribution in [0.5, 0.6) is 11.5 Å². The maximum Gasteiger partial charge on any atom is 0.261 e. The van der Waals surface area contributed by atoms with Gasteiger partial charge < -0.3 is 19.3 Å². The molecule has 0 aliphatic carbocycles. The van der Waals surface area contributed by atoms with Crippen molar-refractivity contribution in [3.8, 4) is 11.5 Å². The van der Waals surface area contributed by atoms with Crippen LogP contribution in [0.4, 0.5) is 5.82 Å². The first-order valence-corrected chi connectivity index (χ1v) is 9.74. The highest BCUT2D eigenvalue weighted by Gasteiger charge is 2.44. The fraction of sp³-hybridized carbons (Fsp3) is 0.455. The molecule has 0 bridgehead atoms. The summed E-state index contributed by atoms with van der Waals surface area (Å²) < 4.78 is 10.9. The van der Waals surface area contributed by atoms with E-state index in [9.17, 15) is 4.79 Å². The number of piperidine rings is 1. The molecule has 6 nitrogen and oxygen atoms in total. The van der Waals surface area contributed by atoms with E-state index in [1.165, 1.54) is 5.56 Å². The summed E-state index contributed by atoms with van der Waals surface area (Å²) in [7, 11) is 3.16. The number of carbonyl (C=O) groups is 1. The van der Waals surface area contributed by atoms with Crippen molar-refractivity contribution in [1.82, 2.24) is 9.88 Å². The van der Waals surface area contributed by atoms with Crippen molar-refractivity contribution in [3.05, 3.63) is 47.2 Å². The van der Waals surface area contributed by atoms with Crippen molar-refractivity contribution in [3.63, 3.8) is 0 Å². The molecule has 2 fully saturated rings. The summed E-state index contributed by atoms with van der Waals surface area (Å²) in [6.07, 6.45) is 1.01. The first-order valence-electron chi connectivity index (χ1n) is 9.74. The molecule has 2 aliphatic heterocycles. The van der Waals surface area contributed by atoms with Crippen LogP contribution in [-0.2, 0) is 0 Å². The van der Waals surface area contributed by atoms with Gasteiger partial charge in [-0.3, -0.25) is 4.79 Å². The molecule has 0 N–H and O–H groups in total. The van der Waals surface area contributed by atoms with Gasteiger partial charge in [0.05, 0.1) is 20.3 Å². The van der Waals surface area contributed by atoms with Crippen molar-refractivity contribution < 1.29 is 14.3 Å². The van der Waals surface area contributed by atoms with Gasteiger partial charge in [0, 0.05) is 31.2 Å². The quantitative estimate of drug-likeness (QED) is 0.815. The normalized spacial score (nSPS) is 21.0. The molecule has 3 heterocycles. The number of carbonyl (C=O) groups excluding carboxylic acids is 1. The van der Waals surface area contributed by atoms with Gasteiger partial charge in [0.15, 0.2) is 0 Å². The Bertz CT molecular complexity index is 856. The molecule has 2 aliphatic rings. The first-order chi connectivity index (χ1) is 13.5. The minimum Gasteiger partial charge on any atom is -0.496 e. The van der Waals surface area contributed by atoms with Gasteiger partial charge in [-0.2, -0.15) is 0 Å². The minimum absolute atomic E-state index is 0.0343. The summed E-state index contributed by atoms with van der Waals surface area (Å²) in [5.74, 6) is 2.70. The molecule has 1 amide bonds. The third kappa shape index (κ3) is 3.17. The molecular formula is C22H27N3O3. The number of aryl methyl sites for hydroxylation is 2. The monoisotopic (exact) mass is 381 g/mol. The van der Waals surface area contributed by atoms with Gasteiger partial charge in [-0.1, -0.05) is 6.07 Å². The summed E-state index contributed by atoms with van der Waals surface area (Å²) in [6.45, 7) is 6.59. The van der Waals surface area contributed by atoms with Gasteiger partial charge in [-0.15, -0.1) is 0 Å². The van der Waals surface area contributed by atoms with E-state index in [2.05, 4.69) is 24.0 Å². The molecule has 0 spiro atoms. The number of nitrogens with zero attached hydrogens (tertiary/aromatic N) is 3. The largest absolute Gasteiger partial charge is 0.496 e. The van der Waals surface area contributed by atoms with Crippen molar-refractivity contribution >= 4 is 11.7 Å². The van der Waals surface area contributed by atoms with E-state index in [0.29, 0.717) is 35.6 Å². The summed E-state index contributed by atoms with van der Waals surface area (Å²) in [5, 5.41) is 0. The Kier molecular flexibility index (Phi) is 4.87. The van der Waals surface area contributed by atoms with Crippen LogP contribution in [0.1, 0.15) is 28.0 Å². The smallest absolute Gasteiger partial charge is 0.261 e. The molecule has 148 valence electrons. The van der Waals surface area contributed by atoms with E-state index in [4.69, 9.17) is 14.5 Å². The molecule has 2 atom stereocenters. The van der Waals surface area contributed by atoms with Crippen molar-refractivity contribution in [2.45, 2.75) is 26.3 Å². The average Bonchev–Trinajstić information content (AvgIpc) is 2.67. The summed E-state index contributed by atoms with van der Waals surface area (Å²) in [4.78, 5) is 22.3. The number of hydrogen-bond donors (Lipinski definition) is 0. The Morgan fingerprint density at radius 2 is 1.82 bits per heavy atom. The second kappa shape index (κ2) is 7.34. The van der Waals surface area contributed by atoms with Crippen molar-refractivity contribution in [1.29, 1.82) is 0 Å². The Hall–Kier alpha value is -2.76. The standard InChI is InChI=1S/C22H27N3O3/c1-14-10-15(2)23-20(11-14)25-12-16-8-9-24(13-17(16)25)22(26)21-18(27-3)6-5-7-19(21)28-4/h5-7,10-11,16-17H,8-9,12-13H2,1-4H3/t16-,17-/m0/s1. The molecule has 0 radical (unpaired) electrons. The number of fused-ring (bicyclic) bond motifs is 1. The van der Waals surface area contributed by atoms with E-state index in [1.807, 2.05) is 17.9 Å². The van der Waals surface area contributed by atoms with E-state index in [-0.39, 0.29) is 5.91 Å². The number of ether oxygens (including phenoxy) is 2. The zero-order chi connectivity index (χ0) is 19.8. The van der Waals surface area contributed by atoms with Crippen LogP contribution in [0.25, 0.3) is 0 Å². The van der Waals surface area contributed by atoms with E-state index in [0.717, 1.165) is 31.0 Å². The predicted molar refractivity (Wildman–Crippen MR) is 108 cm³/mol. The highest BCUT2D eigenvalue weighted by molar-refractivity contribution is 5.99. The molecule has 4 rings (SSSR count). The van der Waals surface area contributed by atoms with Crippen LogP contribution >= 0.6 is 0 Å². The number of anilines is 1. The van der Waals surface area contributed by atoms with E-state index >= 15 is 0 Å². The third-order valence-corrected chi connectivity index (χ3v) is 5.86. The molecule has 6 heteroatoms. The number of aromatic nitrogens is 1. The molecule has 2 saturated heterocycles. The number of rotatable bonds is 4. The molecular weight excluding hydrogens is 354 g/mol. The Balaban J connectivity index is 1.56. The molecule has 28 heavy (non-hydrogen) atoms. The van der Waals surface area contributed by atoms with Gasteiger partial charge in [-0.05, 0) is 50.1 Å². The molecule has 1 aromatic heterocycles. The summed E-state index contributed by atoms with van der Waals surface area (Å²) in [6, 6.07) is 9.97. The van der Waals surface area contributed by atoms with Crippen LogP contribution in [0.3, 0.4) is 0 Å². The number of hydrogen-bond acceptors (Lipinski definition) is 5. The lowest BCUT2D eigenvalue weighted by Gasteiger charge is -2.54. The van der Waals surface area contributed by atoms with Crippen molar-refractivity contribution in [2.24, 2.45) is 5.92 Å². The lowest BCUT2D eigenvalue weighted by atomic mass is 9.82. The highest BCUT2D eigenvalue weighted by Crippen LogP contribution is 2.38. The maximum atomic E-state index is 13.3. The second-order valence-electron chi connectivity index (χ2n) is 7.70. The number of likely N-dealkylation sites (tertiary alicyclic amines) is 1. The van der Waals surface area contributed by atoms with Crippen LogP contribution in [0, 0.1) is 19.8 Å². The Morgan fingerprint density at radius 1 is 1.11 bits per heavy atom. The number of pyridine rings is 1. The summed E-state index contributed by atoms with van der Waals surface area (Å²) >= 11 is 0. The van der Waals surface area contributed by atoms with Gasteiger partial charge >= 0.3 is 0 Å². The van der Waals surface area contributed by atoms with Gasteiger partial charge in [0.2, 0.25) is 0 Å². The average molecular weight is 381 g/mol. The fourth-order valence-electron chi connectivity index (χ4n) is 4.43. The zero-order valence-corrected chi connectivity index (χ0v) is 16.9. The van der Waals surface area contributed by atoms with Gasteiger partial charge in [-0.25, -0.2) is 4.98 Å². The van der Waals surface area contributed by atoms with E-state index in [1.54, 1.807) is 26.4 Å². The van der Waals surface area contributed by atoms with E-state index < -0.39 is 0 Å². The SMILES string of the molecule is COc1cccc(OC)c1C(=O)N1CC[C@H]2CN(c3cc(C)cc(C)n3)[C@H]2C1. The zero-order valence-electron chi connectivity index (χ0n) is 16.9. The van der Waals surface area contributed by atoms with Crippen LogP contribution < -0.4 is 14.4 Å². The van der Waals surface area contributed by atoms with Crippen LogP contribution in [0.2, 0.25) is 0 Å². The predicted octanol–water partition coefficient (Wildman–Crippen LogP) is 3.07. The third-order valence-electron chi connectivity index (χ3n) is 5.86. The topological polar surface area (TPSA) is 54.9 Å². The Morgan fingerprint density at radius 3 is 2.46 bits per heavy atom. The highest BCUT2D eigenvalue weighted by atomic mass is 16.5. The lowest BCUT2D eigenvalue weighted by Crippen LogP contribution is -2.65. The minimum atomic E-state index is -0.0343. The van der Waals surface area contributed by atoms with Crippen LogP contribution in [-0.4, -0.2) is 55.7 Å². The maximum absolute atomic E-state index is 13.3. The van der Waals surface area contributed by atoms with Gasteiger partial charge in [0.25, 0.3) is 5.91 Å². The van der Waals surface area contributed by atoms with Gasteiger partial charge in [0.1, 0.15) is 22.9 Å². The number of amides is 1. The molecule has 2 aromatic rings. The summed E-state index contributed by atoms with van der Waals surface area (Å²) in [5.41, 5.74) is 2.75. The molecule has 1 aromatic carbocycles. The number of benzene rings is 1.